The molecule has 6 nitrogen and oxygen atoms in total. The highest BCUT2D eigenvalue weighted by atomic mass is 16.6. The van der Waals surface area contributed by atoms with Gasteiger partial charge in [-0.05, 0) is 62.7 Å². The van der Waals surface area contributed by atoms with Gasteiger partial charge in [0.2, 0.25) is 5.91 Å². The molecule has 0 unspecified atom stereocenters. The molecule has 1 aromatic rings. The molecule has 0 atom stereocenters. The Balaban J connectivity index is 1.66. The van der Waals surface area contributed by atoms with Gasteiger partial charge in [0.15, 0.2) is 0 Å². The molecule has 1 fully saturated rings. The second-order valence-electron chi connectivity index (χ2n) is 5.73. The molecule has 6 heteroatoms. The second-order valence-corrected chi connectivity index (χ2v) is 5.73. The lowest BCUT2D eigenvalue weighted by molar-refractivity contribution is -0.384. The summed E-state index contributed by atoms with van der Waals surface area (Å²) in [5.74, 6) is -0.137. The van der Waals surface area contributed by atoms with E-state index in [9.17, 15) is 14.9 Å². The summed E-state index contributed by atoms with van der Waals surface area (Å²) in [5.41, 5.74) is 0.809. The zero-order chi connectivity index (χ0) is 16.5. The summed E-state index contributed by atoms with van der Waals surface area (Å²) in [7, 11) is 0. The van der Waals surface area contributed by atoms with Crippen LogP contribution in [-0.4, -0.2) is 41.9 Å². The molecule has 1 amide bonds. The molecule has 0 bridgehead atoms. The van der Waals surface area contributed by atoms with Crippen molar-refractivity contribution in [2.75, 3.05) is 26.2 Å². The van der Waals surface area contributed by atoms with E-state index < -0.39 is 4.92 Å². The highest BCUT2D eigenvalue weighted by Crippen LogP contribution is 2.12. The van der Waals surface area contributed by atoms with Gasteiger partial charge in [0, 0.05) is 24.8 Å². The predicted octanol–water partition coefficient (Wildman–Crippen LogP) is 2.60. The molecule has 2 rings (SSSR count). The van der Waals surface area contributed by atoms with Crippen LogP contribution in [0.15, 0.2) is 30.3 Å². The SMILES string of the molecule is O=C(/C=C/c1ccc([N+](=O)[O-])cc1)NCCCN1CCCCC1. The zero-order valence-corrected chi connectivity index (χ0v) is 13.2. The summed E-state index contributed by atoms with van der Waals surface area (Å²) < 4.78 is 0. The number of hydrogen-bond donors (Lipinski definition) is 1. The van der Waals surface area contributed by atoms with Crippen LogP contribution in [0.25, 0.3) is 6.08 Å². The second kappa shape index (κ2) is 9.05. The topological polar surface area (TPSA) is 75.5 Å². The van der Waals surface area contributed by atoms with Gasteiger partial charge in [-0.2, -0.15) is 0 Å². The fourth-order valence-electron chi connectivity index (χ4n) is 2.64. The van der Waals surface area contributed by atoms with E-state index in [1.165, 1.54) is 50.6 Å². The Kier molecular flexibility index (Phi) is 6.75. The van der Waals surface area contributed by atoms with Gasteiger partial charge in [-0.15, -0.1) is 0 Å². The van der Waals surface area contributed by atoms with E-state index in [0.29, 0.717) is 6.54 Å². The molecule has 124 valence electrons. The van der Waals surface area contributed by atoms with Crippen molar-refractivity contribution in [1.29, 1.82) is 0 Å². The van der Waals surface area contributed by atoms with Crippen molar-refractivity contribution >= 4 is 17.7 Å². The number of rotatable bonds is 7. The van der Waals surface area contributed by atoms with Crippen molar-refractivity contribution in [3.05, 3.63) is 46.0 Å². The monoisotopic (exact) mass is 317 g/mol. The smallest absolute Gasteiger partial charge is 0.269 e. The first-order chi connectivity index (χ1) is 11.1. The van der Waals surface area contributed by atoms with Gasteiger partial charge >= 0.3 is 0 Å². The minimum Gasteiger partial charge on any atom is -0.353 e. The highest BCUT2D eigenvalue weighted by molar-refractivity contribution is 5.91. The minimum atomic E-state index is -0.442. The standard InChI is InChI=1S/C17H23N3O3/c21-17(18-11-4-14-19-12-2-1-3-13-19)10-7-15-5-8-16(9-6-15)20(22)23/h5-10H,1-4,11-14H2,(H,18,21)/b10-7+. The average Bonchev–Trinajstić information content (AvgIpc) is 2.58. The van der Waals surface area contributed by atoms with Crippen LogP contribution in [0.5, 0.6) is 0 Å². The quantitative estimate of drug-likeness (QED) is 0.363. The van der Waals surface area contributed by atoms with Gasteiger partial charge in [-0.3, -0.25) is 14.9 Å². The van der Waals surface area contributed by atoms with Crippen LogP contribution in [0.2, 0.25) is 0 Å². The van der Waals surface area contributed by atoms with Crippen LogP contribution in [0.4, 0.5) is 5.69 Å². The molecule has 0 saturated carbocycles. The molecule has 1 aliphatic heterocycles. The summed E-state index contributed by atoms with van der Waals surface area (Å²) in [4.78, 5) is 24.3. The number of nitrogens with zero attached hydrogens (tertiary/aromatic N) is 2. The summed E-state index contributed by atoms with van der Waals surface area (Å²) in [6.07, 6.45) is 7.97. The Morgan fingerprint density at radius 3 is 2.57 bits per heavy atom. The molecule has 1 aromatic carbocycles. The molecule has 1 saturated heterocycles. The third-order valence-electron chi connectivity index (χ3n) is 3.93. The van der Waals surface area contributed by atoms with Crippen molar-refractivity contribution < 1.29 is 9.72 Å². The van der Waals surface area contributed by atoms with Crippen LogP contribution in [0, 0.1) is 10.1 Å². The Hall–Kier alpha value is -2.21. The van der Waals surface area contributed by atoms with Gasteiger partial charge < -0.3 is 10.2 Å². The first kappa shape index (κ1) is 17.1. The van der Waals surface area contributed by atoms with Crippen molar-refractivity contribution in [2.45, 2.75) is 25.7 Å². The Morgan fingerprint density at radius 1 is 1.22 bits per heavy atom. The average molecular weight is 317 g/mol. The third-order valence-corrected chi connectivity index (χ3v) is 3.93. The zero-order valence-electron chi connectivity index (χ0n) is 13.2. The Bertz CT molecular complexity index is 549. The van der Waals surface area contributed by atoms with Crippen LogP contribution in [0.1, 0.15) is 31.2 Å². The lowest BCUT2D eigenvalue weighted by Gasteiger charge is -2.26. The van der Waals surface area contributed by atoms with E-state index >= 15 is 0 Å². The molecule has 23 heavy (non-hydrogen) atoms. The number of non-ortho nitro benzene ring substituents is 1. The molecular formula is C17H23N3O3. The van der Waals surface area contributed by atoms with E-state index in [0.717, 1.165) is 18.5 Å². The van der Waals surface area contributed by atoms with Gasteiger partial charge in [-0.25, -0.2) is 0 Å². The summed E-state index contributed by atoms with van der Waals surface area (Å²) in [6, 6.07) is 6.10. The fraction of sp³-hybridized carbons (Fsp3) is 0.471. The lowest BCUT2D eigenvalue weighted by atomic mass is 10.1. The molecule has 1 N–H and O–H groups in total. The number of nitrogens with one attached hydrogen (secondary N) is 1. The molecule has 1 heterocycles. The highest BCUT2D eigenvalue weighted by Gasteiger charge is 2.09. The first-order valence-electron chi connectivity index (χ1n) is 8.08. The number of likely N-dealkylation sites (tertiary alicyclic amines) is 1. The Morgan fingerprint density at radius 2 is 1.91 bits per heavy atom. The van der Waals surface area contributed by atoms with Crippen molar-refractivity contribution in [2.24, 2.45) is 0 Å². The van der Waals surface area contributed by atoms with Crippen molar-refractivity contribution in [3.8, 4) is 0 Å². The van der Waals surface area contributed by atoms with Crippen molar-refractivity contribution in [1.82, 2.24) is 10.2 Å². The number of carbonyl (C=O) groups excluding carboxylic acids is 1. The number of nitro groups is 1. The first-order valence-corrected chi connectivity index (χ1v) is 8.08. The maximum Gasteiger partial charge on any atom is 0.269 e. The van der Waals surface area contributed by atoms with Crippen molar-refractivity contribution in [3.63, 3.8) is 0 Å². The van der Waals surface area contributed by atoms with Gasteiger partial charge in [0.1, 0.15) is 0 Å². The minimum absolute atomic E-state index is 0.0457. The molecule has 0 radical (unpaired) electrons. The molecule has 0 aromatic heterocycles. The summed E-state index contributed by atoms with van der Waals surface area (Å²) >= 11 is 0. The summed E-state index contributed by atoms with van der Waals surface area (Å²) in [6.45, 7) is 4.05. The normalized spacial score (nSPS) is 15.7. The maximum atomic E-state index is 11.7. The summed E-state index contributed by atoms with van der Waals surface area (Å²) in [5, 5.41) is 13.4. The number of carbonyl (C=O) groups is 1. The number of nitro benzene ring substituents is 1. The van der Waals surface area contributed by atoms with E-state index in [-0.39, 0.29) is 11.6 Å². The fourth-order valence-corrected chi connectivity index (χ4v) is 2.64. The number of benzene rings is 1. The van der Waals surface area contributed by atoms with E-state index in [1.54, 1.807) is 18.2 Å². The van der Waals surface area contributed by atoms with Gasteiger partial charge in [0.25, 0.3) is 5.69 Å². The third kappa shape index (κ3) is 6.20. The molecule has 0 spiro atoms. The van der Waals surface area contributed by atoms with Gasteiger partial charge in [-0.1, -0.05) is 6.42 Å². The largest absolute Gasteiger partial charge is 0.353 e. The van der Waals surface area contributed by atoms with E-state index in [2.05, 4.69) is 10.2 Å². The van der Waals surface area contributed by atoms with Crippen LogP contribution < -0.4 is 5.32 Å². The molecule has 0 aliphatic carbocycles. The molecule has 1 aliphatic rings. The number of piperidine rings is 1. The van der Waals surface area contributed by atoms with Crippen LogP contribution in [-0.2, 0) is 4.79 Å². The molecular weight excluding hydrogens is 294 g/mol. The Labute approximate surface area is 136 Å². The van der Waals surface area contributed by atoms with Crippen LogP contribution in [0.3, 0.4) is 0 Å². The number of amides is 1. The van der Waals surface area contributed by atoms with E-state index in [4.69, 9.17) is 0 Å². The van der Waals surface area contributed by atoms with Gasteiger partial charge in [0.05, 0.1) is 4.92 Å². The maximum absolute atomic E-state index is 11.7. The number of hydrogen-bond acceptors (Lipinski definition) is 4. The predicted molar refractivity (Wildman–Crippen MR) is 90.0 cm³/mol. The van der Waals surface area contributed by atoms with E-state index in [1.807, 2.05) is 0 Å². The lowest BCUT2D eigenvalue weighted by Crippen LogP contribution is -2.33. The van der Waals surface area contributed by atoms with Crippen LogP contribution >= 0.6 is 0 Å².